The highest BCUT2D eigenvalue weighted by Gasteiger charge is 2.50. The van der Waals surface area contributed by atoms with E-state index in [4.69, 9.17) is 4.74 Å². The molecule has 2 aliphatic heterocycles. The first-order chi connectivity index (χ1) is 13.6. The first kappa shape index (κ1) is 19.3. The van der Waals surface area contributed by atoms with Crippen LogP contribution in [0.15, 0.2) is 24.3 Å². The zero-order chi connectivity index (χ0) is 19.6. The fraction of sp³-hybridized carbons (Fsp3) is 0.619. The Morgan fingerprint density at radius 2 is 1.75 bits per heavy atom. The maximum absolute atomic E-state index is 13.2. The molecule has 1 aromatic carbocycles. The van der Waals surface area contributed by atoms with E-state index >= 15 is 0 Å². The highest BCUT2D eigenvalue weighted by atomic mass is 19.1. The van der Waals surface area contributed by atoms with Crippen molar-refractivity contribution in [1.82, 2.24) is 15.1 Å². The lowest BCUT2D eigenvalue weighted by Gasteiger charge is -2.35. The van der Waals surface area contributed by atoms with E-state index in [1.165, 1.54) is 23.5 Å². The van der Waals surface area contributed by atoms with Gasteiger partial charge in [0.15, 0.2) is 0 Å². The fourth-order valence-electron chi connectivity index (χ4n) is 4.56. The van der Waals surface area contributed by atoms with Crippen molar-refractivity contribution >= 4 is 11.9 Å². The standard InChI is InChI=1S/C21H28FN3O3/c22-17-8-6-16(7-9-17)18-14-24(12-13-28-18)15-25-19(26)21(23-20(25)27)10-4-2-1-3-5-11-21/h6-9,18H,1-5,10-15H2,(H,23,27). The largest absolute Gasteiger partial charge is 0.371 e. The smallest absolute Gasteiger partial charge is 0.326 e. The van der Waals surface area contributed by atoms with Crippen molar-refractivity contribution in [2.24, 2.45) is 0 Å². The van der Waals surface area contributed by atoms with Crippen molar-refractivity contribution in [3.05, 3.63) is 35.6 Å². The third-order valence-electron chi connectivity index (χ3n) is 6.19. The van der Waals surface area contributed by atoms with Gasteiger partial charge in [-0.1, -0.05) is 44.2 Å². The van der Waals surface area contributed by atoms with Crippen molar-refractivity contribution in [2.75, 3.05) is 26.4 Å². The van der Waals surface area contributed by atoms with Gasteiger partial charge in [0.1, 0.15) is 11.4 Å². The summed E-state index contributed by atoms with van der Waals surface area (Å²) in [6.07, 6.45) is 6.67. The molecule has 2 saturated heterocycles. The Labute approximate surface area is 165 Å². The van der Waals surface area contributed by atoms with E-state index in [9.17, 15) is 14.0 Å². The third-order valence-corrected chi connectivity index (χ3v) is 6.19. The molecule has 0 aromatic heterocycles. The van der Waals surface area contributed by atoms with Crippen LogP contribution in [0.3, 0.4) is 0 Å². The average molecular weight is 389 g/mol. The van der Waals surface area contributed by atoms with Gasteiger partial charge in [0.2, 0.25) is 0 Å². The number of nitrogens with zero attached hydrogens (tertiary/aromatic N) is 2. The number of hydrogen-bond donors (Lipinski definition) is 1. The molecular weight excluding hydrogens is 361 g/mol. The molecule has 2 heterocycles. The van der Waals surface area contributed by atoms with Gasteiger partial charge in [-0.15, -0.1) is 0 Å². The number of urea groups is 1. The van der Waals surface area contributed by atoms with Crippen molar-refractivity contribution in [3.8, 4) is 0 Å². The molecule has 4 rings (SSSR count). The monoisotopic (exact) mass is 389 g/mol. The second kappa shape index (κ2) is 8.17. The topological polar surface area (TPSA) is 61.9 Å². The molecular formula is C21H28FN3O3. The van der Waals surface area contributed by atoms with E-state index in [0.717, 1.165) is 44.1 Å². The summed E-state index contributed by atoms with van der Waals surface area (Å²) < 4.78 is 19.0. The van der Waals surface area contributed by atoms with Crippen molar-refractivity contribution in [2.45, 2.75) is 56.6 Å². The quantitative estimate of drug-likeness (QED) is 0.807. The number of morpholine rings is 1. The summed E-state index contributed by atoms with van der Waals surface area (Å²) in [5, 5.41) is 3.01. The van der Waals surface area contributed by atoms with E-state index in [1.54, 1.807) is 12.1 Å². The van der Waals surface area contributed by atoms with E-state index in [0.29, 0.717) is 19.7 Å². The van der Waals surface area contributed by atoms with Gasteiger partial charge in [-0.2, -0.15) is 0 Å². The number of benzene rings is 1. The van der Waals surface area contributed by atoms with Gasteiger partial charge in [-0.3, -0.25) is 9.69 Å². The minimum atomic E-state index is -0.708. The Morgan fingerprint density at radius 1 is 1.07 bits per heavy atom. The van der Waals surface area contributed by atoms with Crippen LogP contribution < -0.4 is 5.32 Å². The van der Waals surface area contributed by atoms with Gasteiger partial charge < -0.3 is 10.1 Å². The van der Waals surface area contributed by atoms with Crippen LogP contribution in [0.1, 0.15) is 56.6 Å². The van der Waals surface area contributed by atoms with E-state index in [1.807, 2.05) is 0 Å². The summed E-state index contributed by atoms with van der Waals surface area (Å²) >= 11 is 0. The molecule has 6 nitrogen and oxygen atoms in total. The Kier molecular flexibility index (Phi) is 5.64. The van der Waals surface area contributed by atoms with Gasteiger partial charge in [0.05, 0.1) is 19.4 Å². The third kappa shape index (κ3) is 3.91. The second-order valence-electron chi connectivity index (χ2n) is 8.14. The second-order valence-corrected chi connectivity index (χ2v) is 8.14. The number of ether oxygens (including phenoxy) is 1. The fourth-order valence-corrected chi connectivity index (χ4v) is 4.56. The van der Waals surface area contributed by atoms with Crippen LogP contribution >= 0.6 is 0 Å². The summed E-state index contributed by atoms with van der Waals surface area (Å²) in [7, 11) is 0. The molecule has 7 heteroatoms. The number of hydrogen-bond acceptors (Lipinski definition) is 4. The highest BCUT2D eigenvalue weighted by molar-refractivity contribution is 6.07. The van der Waals surface area contributed by atoms with E-state index in [-0.39, 0.29) is 30.5 Å². The summed E-state index contributed by atoms with van der Waals surface area (Å²) in [6.45, 7) is 2.00. The van der Waals surface area contributed by atoms with Crippen LogP contribution in [-0.2, 0) is 9.53 Å². The molecule has 28 heavy (non-hydrogen) atoms. The lowest BCUT2D eigenvalue weighted by Crippen LogP contribution is -2.49. The molecule has 1 unspecified atom stereocenters. The molecule has 1 atom stereocenters. The van der Waals surface area contributed by atoms with Crippen molar-refractivity contribution < 1.29 is 18.7 Å². The highest BCUT2D eigenvalue weighted by Crippen LogP contribution is 2.32. The zero-order valence-corrected chi connectivity index (χ0v) is 16.2. The van der Waals surface area contributed by atoms with Crippen LogP contribution in [0, 0.1) is 5.82 Å². The normalized spacial score (nSPS) is 26.2. The van der Waals surface area contributed by atoms with Crippen molar-refractivity contribution in [1.29, 1.82) is 0 Å². The van der Waals surface area contributed by atoms with E-state index < -0.39 is 5.54 Å². The van der Waals surface area contributed by atoms with Crippen LogP contribution in [-0.4, -0.2) is 53.6 Å². The molecule has 1 saturated carbocycles. The van der Waals surface area contributed by atoms with Crippen LogP contribution in [0.4, 0.5) is 9.18 Å². The summed E-state index contributed by atoms with van der Waals surface area (Å²) in [5.41, 5.74) is 0.194. The molecule has 0 bridgehead atoms. The minimum absolute atomic E-state index is 0.0794. The van der Waals surface area contributed by atoms with Gasteiger partial charge >= 0.3 is 6.03 Å². The number of carbonyl (C=O) groups excluding carboxylic acids is 2. The number of nitrogens with one attached hydrogen (secondary N) is 1. The van der Waals surface area contributed by atoms with Crippen LogP contribution in [0.5, 0.6) is 0 Å². The number of halogens is 1. The molecule has 1 N–H and O–H groups in total. The first-order valence-electron chi connectivity index (χ1n) is 10.3. The first-order valence-corrected chi connectivity index (χ1v) is 10.3. The van der Waals surface area contributed by atoms with Crippen LogP contribution in [0.25, 0.3) is 0 Å². The Hall–Kier alpha value is -1.99. The SMILES string of the molecule is O=C1NC2(CCCCCCC2)C(=O)N1CN1CCOC(c2ccc(F)cc2)C1. The molecule has 3 fully saturated rings. The predicted octanol–water partition coefficient (Wildman–Crippen LogP) is 3.19. The molecule has 1 spiro atoms. The molecule has 1 aliphatic carbocycles. The Bertz CT molecular complexity index is 716. The lowest BCUT2D eigenvalue weighted by molar-refractivity contribution is -0.135. The number of amides is 3. The zero-order valence-electron chi connectivity index (χ0n) is 16.2. The Morgan fingerprint density at radius 3 is 2.46 bits per heavy atom. The minimum Gasteiger partial charge on any atom is -0.371 e. The summed E-state index contributed by atoms with van der Waals surface area (Å²) in [4.78, 5) is 29.2. The molecule has 1 aromatic rings. The molecule has 3 amide bonds. The molecule has 0 radical (unpaired) electrons. The maximum atomic E-state index is 13.2. The number of imide groups is 1. The lowest BCUT2D eigenvalue weighted by atomic mass is 9.84. The predicted molar refractivity (Wildman–Crippen MR) is 102 cm³/mol. The van der Waals surface area contributed by atoms with Crippen molar-refractivity contribution in [3.63, 3.8) is 0 Å². The number of rotatable bonds is 3. The summed E-state index contributed by atoms with van der Waals surface area (Å²) in [5.74, 6) is -0.357. The Balaban J connectivity index is 1.42. The van der Waals surface area contributed by atoms with Gasteiger partial charge in [0, 0.05) is 13.1 Å². The summed E-state index contributed by atoms with van der Waals surface area (Å²) in [6, 6.07) is 6.01. The van der Waals surface area contributed by atoms with Gasteiger partial charge in [0.25, 0.3) is 5.91 Å². The maximum Gasteiger partial charge on any atom is 0.326 e. The van der Waals surface area contributed by atoms with Gasteiger partial charge in [-0.05, 0) is 30.5 Å². The number of carbonyl (C=O) groups is 2. The van der Waals surface area contributed by atoms with Gasteiger partial charge in [-0.25, -0.2) is 14.1 Å². The van der Waals surface area contributed by atoms with E-state index in [2.05, 4.69) is 10.2 Å². The average Bonchev–Trinajstić information content (AvgIpc) is 2.91. The van der Waals surface area contributed by atoms with Crippen LogP contribution in [0.2, 0.25) is 0 Å². The molecule has 3 aliphatic rings. The molecule has 152 valence electrons.